The smallest absolute Gasteiger partial charge is 0.273 e. The molecule has 1 N–H and O–H groups in total. The Morgan fingerprint density at radius 3 is 2.13 bits per heavy atom. The van der Waals surface area contributed by atoms with E-state index in [1.165, 1.54) is 36.9 Å². The molecular formula is C36H32BrN3O6S. The van der Waals surface area contributed by atoms with Crippen LogP contribution in [0.1, 0.15) is 27.0 Å². The van der Waals surface area contributed by atoms with E-state index in [0.717, 1.165) is 11.1 Å². The molecule has 5 aromatic rings. The molecule has 0 fully saturated rings. The Hall–Kier alpha value is -5.13. The van der Waals surface area contributed by atoms with Gasteiger partial charge in [-0.3, -0.25) is 9.10 Å². The van der Waals surface area contributed by atoms with Crippen molar-refractivity contribution in [3.05, 3.63) is 148 Å². The van der Waals surface area contributed by atoms with Crippen LogP contribution >= 0.6 is 15.9 Å². The van der Waals surface area contributed by atoms with Crippen molar-refractivity contribution in [2.45, 2.75) is 18.0 Å². The van der Waals surface area contributed by atoms with Gasteiger partial charge in [0.1, 0.15) is 12.4 Å². The summed E-state index contributed by atoms with van der Waals surface area (Å²) in [6.07, 6.45) is 1.46. The van der Waals surface area contributed by atoms with E-state index in [1.807, 2.05) is 60.7 Å². The van der Waals surface area contributed by atoms with Crippen LogP contribution in [0.2, 0.25) is 0 Å². The zero-order valence-corrected chi connectivity index (χ0v) is 28.1. The Morgan fingerprint density at radius 2 is 1.47 bits per heavy atom. The molecule has 0 aliphatic carbocycles. The second-order valence-electron chi connectivity index (χ2n) is 10.2. The van der Waals surface area contributed by atoms with Crippen LogP contribution in [0.15, 0.2) is 136 Å². The fourth-order valence-electron chi connectivity index (χ4n) is 4.72. The van der Waals surface area contributed by atoms with Crippen molar-refractivity contribution in [1.82, 2.24) is 5.43 Å². The van der Waals surface area contributed by atoms with Crippen molar-refractivity contribution in [3.8, 4) is 17.2 Å². The van der Waals surface area contributed by atoms with Gasteiger partial charge in [0.05, 0.1) is 47.6 Å². The summed E-state index contributed by atoms with van der Waals surface area (Å²) in [6, 6.07) is 35.1. The minimum absolute atomic E-state index is 0.00469. The highest BCUT2D eigenvalue weighted by Gasteiger charge is 2.28. The Kier molecular flexibility index (Phi) is 10.9. The lowest BCUT2D eigenvalue weighted by Crippen LogP contribution is -2.33. The van der Waals surface area contributed by atoms with Gasteiger partial charge in [0, 0.05) is 0 Å². The molecule has 47 heavy (non-hydrogen) atoms. The highest BCUT2D eigenvalue weighted by Crippen LogP contribution is 2.37. The molecule has 0 aromatic heterocycles. The molecule has 5 aromatic carbocycles. The van der Waals surface area contributed by atoms with Gasteiger partial charge in [-0.2, -0.15) is 5.10 Å². The van der Waals surface area contributed by atoms with Gasteiger partial charge in [0.2, 0.25) is 0 Å². The van der Waals surface area contributed by atoms with Gasteiger partial charge in [0.25, 0.3) is 15.9 Å². The van der Waals surface area contributed by atoms with Crippen molar-refractivity contribution < 1.29 is 27.4 Å². The maximum Gasteiger partial charge on any atom is 0.273 e. The maximum absolute atomic E-state index is 14.1. The molecule has 0 heterocycles. The number of hydrogen-bond donors (Lipinski definition) is 1. The topological polar surface area (TPSA) is 107 Å². The Morgan fingerprint density at radius 1 is 0.830 bits per heavy atom. The normalized spacial score (nSPS) is 11.2. The predicted molar refractivity (Wildman–Crippen MR) is 186 cm³/mol. The van der Waals surface area contributed by atoms with E-state index in [2.05, 4.69) is 26.5 Å². The number of ether oxygens (including phenoxy) is 3. The largest absolute Gasteiger partial charge is 0.497 e. The van der Waals surface area contributed by atoms with E-state index in [-0.39, 0.29) is 22.7 Å². The van der Waals surface area contributed by atoms with Gasteiger partial charge in [-0.25, -0.2) is 13.8 Å². The van der Waals surface area contributed by atoms with Crippen molar-refractivity contribution >= 4 is 43.8 Å². The molecular weight excluding hydrogens is 682 g/mol. The molecule has 0 aliphatic rings. The number of rotatable bonds is 13. The van der Waals surface area contributed by atoms with E-state index < -0.39 is 15.9 Å². The number of carbonyl (C=O) groups is 1. The Bertz CT molecular complexity index is 1950. The first-order valence-electron chi connectivity index (χ1n) is 14.5. The summed E-state index contributed by atoms with van der Waals surface area (Å²) in [5.74, 6) is 0.945. The van der Waals surface area contributed by atoms with Gasteiger partial charge in [-0.1, -0.05) is 72.8 Å². The van der Waals surface area contributed by atoms with Crippen LogP contribution in [0.25, 0.3) is 0 Å². The van der Waals surface area contributed by atoms with Crippen molar-refractivity contribution in [3.63, 3.8) is 0 Å². The van der Waals surface area contributed by atoms with E-state index in [1.54, 1.807) is 48.5 Å². The second-order valence-corrected chi connectivity index (χ2v) is 12.9. The number of carbonyl (C=O) groups excluding carboxylic acids is 1. The minimum Gasteiger partial charge on any atom is -0.497 e. The number of anilines is 1. The first-order valence-corrected chi connectivity index (χ1v) is 16.7. The molecule has 240 valence electrons. The summed E-state index contributed by atoms with van der Waals surface area (Å²) in [5.41, 5.74) is 5.24. The van der Waals surface area contributed by atoms with Crippen LogP contribution in [0.3, 0.4) is 0 Å². The molecule has 0 unspecified atom stereocenters. The predicted octanol–water partition coefficient (Wildman–Crippen LogP) is 7.20. The lowest BCUT2D eigenvalue weighted by Gasteiger charge is -2.26. The van der Waals surface area contributed by atoms with E-state index >= 15 is 0 Å². The fraction of sp³-hybridized carbons (Fsp3) is 0.111. The number of sulfonamides is 1. The van der Waals surface area contributed by atoms with E-state index in [4.69, 9.17) is 14.2 Å². The lowest BCUT2D eigenvalue weighted by molar-refractivity contribution is 0.0955. The molecule has 0 saturated carbocycles. The van der Waals surface area contributed by atoms with Gasteiger partial charge >= 0.3 is 0 Å². The highest BCUT2D eigenvalue weighted by atomic mass is 79.9. The van der Waals surface area contributed by atoms with Crippen LogP contribution < -0.4 is 23.9 Å². The van der Waals surface area contributed by atoms with Crippen molar-refractivity contribution in [2.75, 3.05) is 18.5 Å². The number of benzene rings is 5. The monoisotopic (exact) mass is 713 g/mol. The Labute approximate surface area is 282 Å². The third-order valence-electron chi connectivity index (χ3n) is 7.09. The summed E-state index contributed by atoms with van der Waals surface area (Å²) in [6.45, 7) is 0.351. The van der Waals surface area contributed by atoms with E-state index in [0.29, 0.717) is 33.9 Å². The quantitative estimate of drug-likeness (QED) is 0.102. The summed E-state index contributed by atoms with van der Waals surface area (Å²) < 4.78 is 46.7. The molecule has 9 nitrogen and oxygen atoms in total. The first-order chi connectivity index (χ1) is 22.8. The number of hydrogen-bond acceptors (Lipinski definition) is 7. The lowest BCUT2D eigenvalue weighted by atomic mass is 10.1. The van der Waals surface area contributed by atoms with Gasteiger partial charge in [0.15, 0.2) is 11.5 Å². The number of para-hydroxylation sites is 1. The molecule has 0 saturated heterocycles. The van der Waals surface area contributed by atoms with E-state index in [9.17, 15) is 13.2 Å². The van der Waals surface area contributed by atoms with Crippen LogP contribution in [-0.2, 0) is 23.2 Å². The summed E-state index contributed by atoms with van der Waals surface area (Å²) in [7, 11) is -1.06. The van der Waals surface area contributed by atoms with Crippen LogP contribution in [0.5, 0.6) is 17.2 Å². The number of nitrogens with zero attached hydrogens (tertiary/aromatic N) is 2. The standard InChI is InChI=1S/C36H32BrN3O6S/c1-44-29-17-19-30(20-18-29)47(42,43)40(24-26-11-5-3-6-12-26)33-16-10-9-15-31(33)36(41)39-38-23-28-21-32(37)35(34(22-28)45-2)46-25-27-13-7-4-8-14-27/h3-23H,24-25H2,1-2H3,(H,39,41)/b38-23-. The van der Waals surface area contributed by atoms with Gasteiger partial charge < -0.3 is 14.2 Å². The SMILES string of the molecule is COc1ccc(S(=O)(=O)N(Cc2ccccc2)c2ccccc2C(=O)N/N=C\c2cc(Br)c(OCc3ccccc3)c(OC)c2)cc1. The van der Waals surface area contributed by atoms with Crippen LogP contribution in [0.4, 0.5) is 5.69 Å². The molecule has 0 spiro atoms. The molecule has 11 heteroatoms. The average Bonchev–Trinajstić information content (AvgIpc) is 3.10. The van der Waals surface area contributed by atoms with Crippen LogP contribution in [0, 0.1) is 0 Å². The number of amides is 1. The average molecular weight is 715 g/mol. The number of hydrazone groups is 1. The molecule has 0 bridgehead atoms. The molecule has 0 radical (unpaired) electrons. The fourth-order valence-corrected chi connectivity index (χ4v) is 6.76. The summed E-state index contributed by atoms with van der Waals surface area (Å²) in [4.78, 5) is 13.6. The number of nitrogens with one attached hydrogen (secondary N) is 1. The second kappa shape index (κ2) is 15.4. The molecule has 5 rings (SSSR count). The zero-order chi connectivity index (χ0) is 33.2. The van der Waals surface area contributed by atoms with Crippen LogP contribution in [-0.4, -0.2) is 34.8 Å². The summed E-state index contributed by atoms with van der Waals surface area (Å²) >= 11 is 3.54. The molecule has 0 atom stereocenters. The molecule has 0 aliphatic heterocycles. The molecule has 1 amide bonds. The zero-order valence-electron chi connectivity index (χ0n) is 25.7. The number of methoxy groups -OCH3 is 2. The minimum atomic E-state index is -4.11. The van der Waals surface area contributed by atoms with Crippen molar-refractivity contribution in [2.24, 2.45) is 5.10 Å². The summed E-state index contributed by atoms with van der Waals surface area (Å²) in [5, 5.41) is 4.16. The highest BCUT2D eigenvalue weighted by molar-refractivity contribution is 9.10. The Balaban J connectivity index is 1.39. The van der Waals surface area contributed by atoms with Gasteiger partial charge in [-0.05, 0) is 81.2 Å². The third-order valence-corrected chi connectivity index (χ3v) is 9.45. The third kappa shape index (κ3) is 8.18. The van der Waals surface area contributed by atoms with Crippen molar-refractivity contribution in [1.29, 1.82) is 0 Å². The van der Waals surface area contributed by atoms with Gasteiger partial charge in [-0.15, -0.1) is 0 Å². The maximum atomic E-state index is 14.1. The first kappa shape index (κ1) is 33.2. The number of halogens is 1.